The Kier molecular flexibility index (Phi) is 10.3. The number of nitrogens with one attached hydrogen (secondary N) is 3. The lowest BCUT2D eigenvalue weighted by Gasteiger charge is -2.18. The summed E-state index contributed by atoms with van der Waals surface area (Å²) in [7, 11) is 0. The Morgan fingerprint density at radius 2 is 1.75 bits per heavy atom. The predicted molar refractivity (Wildman–Crippen MR) is 107 cm³/mol. The Morgan fingerprint density at radius 1 is 1.11 bits per heavy atom. The number of carbonyl (C=O) groups excluding carboxylic acids is 2. The standard InChI is InChI=1S/C16H21BrN4O6S/c17-10-3-1-9(2-4-10)7-28-8-12(14(24)19-6-13(22)23)21-16(27)20-5-11(18)15(25)26/h1-4,11-12H,5-8,18H2,(H,19,24)(H,22,23)(H,25,26)(H2,20,21,27)/t11-,12-/m0/s1. The minimum absolute atomic E-state index is 0.180. The Labute approximate surface area is 173 Å². The van der Waals surface area contributed by atoms with Gasteiger partial charge in [-0.15, -0.1) is 0 Å². The zero-order chi connectivity index (χ0) is 21.1. The van der Waals surface area contributed by atoms with Gasteiger partial charge in [-0.05, 0) is 17.7 Å². The summed E-state index contributed by atoms with van der Waals surface area (Å²) >= 11 is 4.71. The molecule has 1 aromatic carbocycles. The SMILES string of the molecule is N[C@@H](CNC(=O)N[C@@H](CSCc1ccc(Br)cc1)C(=O)NCC(=O)O)C(=O)O. The van der Waals surface area contributed by atoms with E-state index in [1.807, 2.05) is 24.3 Å². The van der Waals surface area contributed by atoms with Crippen LogP contribution in [0.3, 0.4) is 0 Å². The van der Waals surface area contributed by atoms with E-state index in [1.54, 1.807) is 0 Å². The van der Waals surface area contributed by atoms with Crippen LogP contribution in [0.15, 0.2) is 28.7 Å². The van der Waals surface area contributed by atoms with Gasteiger partial charge in [0, 0.05) is 22.5 Å². The van der Waals surface area contributed by atoms with E-state index in [-0.39, 0.29) is 12.3 Å². The van der Waals surface area contributed by atoms with Crippen molar-refractivity contribution in [2.75, 3.05) is 18.8 Å². The molecule has 0 bridgehead atoms. The van der Waals surface area contributed by atoms with Gasteiger partial charge in [0.25, 0.3) is 0 Å². The molecule has 0 aliphatic heterocycles. The van der Waals surface area contributed by atoms with Gasteiger partial charge < -0.3 is 31.9 Å². The lowest BCUT2D eigenvalue weighted by atomic mass is 10.2. The minimum Gasteiger partial charge on any atom is -0.480 e. The van der Waals surface area contributed by atoms with Crippen molar-refractivity contribution in [3.63, 3.8) is 0 Å². The van der Waals surface area contributed by atoms with E-state index in [0.29, 0.717) is 5.75 Å². The highest BCUT2D eigenvalue weighted by molar-refractivity contribution is 9.10. The Morgan fingerprint density at radius 3 is 2.32 bits per heavy atom. The number of benzene rings is 1. The summed E-state index contributed by atoms with van der Waals surface area (Å²) in [6.45, 7) is -0.906. The molecule has 0 fully saturated rings. The number of amides is 3. The second-order valence-electron chi connectivity index (χ2n) is 5.60. The van der Waals surface area contributed by atoms with E-state index in [9.17, 15) is 19.2 Å². The molecule has 0 saturated heterocycles. The van der Waals surface area contributed by atoms with Crippen LogP contribution in [0, 0.1) is 0 Å². The zero-order valence-corrected chi connectivity index (χ0v) is 17.1. The van der Waals surface area contributed by atoms with Gasteiger partial charge >= 0.3 is 18.0 Å². The van der Waals surface area contributed by atoms with E-state index >= 15 is 0 Å². The average Bonchev–Trinajstić information content (AvgIpc) is 2.64. The first kappa shape index (κ1) is 23.7. The van der Waals surface area contributed by atoms with Crippen LogP contribution in [-0.4, -0.2) is 65.0 Å². The molecule has 0 saturated carbocycles. The van der Waals surface area contributed by atoms with Gasteiger partial charge in [-0.1, -0.05) is 28.1 Å². The molecule has 12 heteroatoms. The summed E-state index contributed by atoms with van der Waals surface area (Å²) in [5.41, 5.74) is 6.31. The fourth-order valence-electron chi connectivity index (χ4n) is 1.84. The normalized spacial score (nSPS) is 12.5. The largest absolute Gasteiger partial charge is 0.480 e. The highest BCUT2D eigenvalue weighted by Crippen LogP contribution is 2.16. The number of carboxylic acids is 2. The smallest absolute Gasteiger partial charge is 0.322 e. The van der Waals surface area contributed by atoms with E-state index in [1.165, 1.54) is 11.8 Å². The molecule has 154 valence electrons. The molecule has 0 unspecified atom stereocenters. The summed E-state index contributed by atoms with van der Waals surface area (Å²) in [6.07, 6.45) is 0. The molecular weight excluding hydrogens is 456 g/mol. The number of carbonyl (C=O) groups is 4. The summed E-state index contributed by atoms with van der Waals surface area (Å²) in [4.78, 5) is 45.4. The van der Waals surface area contributed by atoms with Gasteiger partial charge in [-0.3, -0.25) is 14.4 Å². The van der Waals surface area contributed by atoms with Crippen molar-refractivity contribution in [3.8, 4) is 0 Å². The Hall–Kier alpha value is -2.31. The summed E-state index contributed by atoms with van der Waals surface area (Å²) < 4.78 is 0.935. The van der Waals surface area contributed by atoms with Gasteiger partial charge in [0.2, 0.25) is 5.91 Å². The lowest BCUT2D eigenvalue weighted by Crippen LogP contribution is -2.54. The topological polar surface area (TPSA) is 171 Å². The van der Waals surface area contributed by atoms with Crippen molar-refractivity contribution < 1.29 is 29.4 Å². The quantitative estimate of drug-likeness (QED) is 0.258. The maximum absolute atomic E-state index is 12.2. The fraction of sp³-hybridized carbons (Fsp3) is 0.375. The molecule has 3 amide bonds. The first-order valence-corrected chi connectivity index (χ1v) is 9.98. The molecule has 28 heavy (non-hydrogen) atoms. The van der Waals surface area contributed by atoms with Crippen LogP contribution in [-0.2, 0) is 20.1 Å². The minimum atomic E-state index is -1.28. The zero-order valence-electron chi connectivity index (χ0n) is 14.7. The average molecular weight is 477 g/mol. The number of halogens is 1. The summed E-state index contributed by atoms with van der Waals surface area (Å²) in [5, 5.41) is 24.3. The number of rotatable bonds is 11. The van der Waals surface area contributed by atoms with Crippen LogP contribution in [0.2, 0.25) is 0 Å². The molecule has 0 aliphatic rings. The molecule has 0 aliphatic carbocycles. The number of urea groups is 1. The van der Waals surface area contributed by atoms with E-state index < -0.39 is 42.5 Å². The third-order valence-corrected chi connectivity index (χ3v) is 4.94. The first-order chi connectivity index (χ1) is 13.2. The van der Waals surface area contributed by atoms with E-state index in [2.05, 4.69) is 31.9 Å². The second kappa shape index (κ2) is 12.2. The van der Waals surface area contributed by atoms with Crippen LogP contribution >= 0.6 is 27.7 Å². The van der Waals surface area contributed by atoms with Crippen LogP contribution in [0.5, 0.6) is 0 Å². The summed E-state index contributed by atoms with van der Waals surface area (Å²) in [5.74, 6) is -2.40. The number of carboxylic acid groups (broad SMARTS) is 2. The van der Waals surface area contributed by atoms with Crippen molar-refractivity contribution >= 4 is 51.6 Å². The van der Waals surface area contributed by atoms with Gasteiger partial charge in [0.1, 0.15) is 18.6 Å². The highest BCUT2D eigenvalue weighted by atomic mass is 79.9. The van der Waals surface area contributed by atoms with E-state index in [0.717, 1.165) is 10.0 Å². The lowest BCUT2D eigenvalue weighted by molar-refractivity contribution is -0.138. The monoisotopic (exact) mass is 476 g/mol. The van der Waals surface area contributed by atoms with Crippen LogP contribution in [0.4, 0.5) is 4.79 Å². The van der Waals surface area contributed by atoms with Crippen molar-refractivity contribution in [1.29, 1.82) is 0 Å². The third kappa shape index (κ3) is 9.58. The summed E-state index contributed by atoms with van der Waals surface area (Å²) in [6, 6.07) is 4.50. The first-order valence-electron chi connectivity index (χ1n) is 8.03. The molecule has 7 N–H and O–H groups in total. The molecule has 0 heterocycles. The number of nitrogens with two attached hydrogens (primary N) is 1. The molecule has 0 aromatic heterocycles. The molecule has 1 rings (SSSR count). The highest BCUT2D eigenvalue weighted by Gasteiger charge is 2.22. The molecule has 0 spiro atoms. The maximum atomic E-state index is 12.2. The van der Waals surface area contributed by atoms with Crippen molar-refractivity contribution in [1.82, 2.24) is 16.0 Å². The Bertz CT molecular complexity index is 703. The van der Waals surface area contributed by atoms with Crippen molar-refractivity contribution in [2.24, 2.45) is 5.73 Å². The molecule has 10 nitrogen and oxygen atoms in total. The molecular formula is C16H21BrN4O6S. The van der Waals surface area contributed by atoms with E-state index in [4.69, 9.17) is 15.9 Å². The predicted octanol–water partition coefficient (Wildman–Crippen LogP) is -0.0372. The molecule has 0 radical (unpaired) electrons. The van der Waals surface area contributed by atoms with Gasteiger partial charge in [-0.2, -0.15) is 11.8 Å². The number of hydrogen-bond donors (Lipinski definition) is 6. The number of thioether (sulfide) groups is 1. The van der Waals surface area contributed by atoms with Gasteiger partial charge in [0.05, 0.1) is 0 Å². The van der Waals surface area contributed by atoms with Gasteiger partial charge in [-0.25, -0.2) is 4.79 Å². The maximum Gasteiger partial charge on any atom is 0.322 e. The molecule has 1 aromatic rings. The van der Waals surface area contributed by atoms with Crippen molar-refractivity contribution in [2.45, 2.75) is 17.8 Å². The van der Waals surface area contributed by atoms with Crippen molar-refractivity contribution in [3.05, 3.63) is 34.3 Å². The number of aliphatic carboxylic acids is 2. The fourth-order valence-corrected chi connectivity index (χ4v) is 3.12. The third-order valence-electron chi connectivity index (χ3n) is 3.30. The Balaban J connectivity index is 2.60. The van der Waals surface area contributed by atoms with Crippen LogP contribution in [0.1, 0.15) is 5.56 Å². The van der Waals surface area contributed by atoms with Crippen LogP contribution in [0.25, 0.3) is 0 Å². The van der Waals surface area contributed by atoms with Crippen LogP contribution < -0.4 is 21.7 Å². The number of hydrogen-bond acceptors (Lipinski definition) is 6. The molecule has 2 atom stereocenters. The van der Waals surface area contributed by atoms with Gasteiger partial charge in [0.15, 0.2) is 0 Å². The second-order valence-corrected chi connectivity index (χ2v) is 7.55.